The lowest BCUT2D eigenvalue weighted by Crippen LogP contribution is -2.20. The molecule has 0 fully saturated rings. The van der Waals surface area contributed by atoms with Crippen molar-refractivity contribution in [3.8, 4) is 22.8 Å². The molecular weight excluding hydrogens is 463 g/mol. The smallest absolute Gasteiger partial charge is 0.276 e. The Bertz CT molecular complexity index is 1460. The van der Waals surface area contributed by atoms with Crippen molar-refractivity contribution >= 4 is 33.3 Å². The van der Waals surface area contributed by atoms with E-state index < -0.39 is 0 Å². The highest BCUT2D eigenvalue weighted by Gasteiger charge is 2.16. The molecule has 33 heavy (non-hydrogen) atoms. The van der Waals surface area contributed by atoms with Gasteiger partial charge in [0.15, 0.2) is 5.16 Å². The topological polar surface area (TPSA) is 83.0 Å². The first-order valence-electron chi connectivity index (χ1n) is 10.1. The Morgan fingerprint density at radius 2 is 1.88 bits per heavy atom. The van der Waals surface area contributed by atoms with Crippen LogP contribution in [0, 0.1) is 5.82 Å². The minimum absolute atomic E-state index is 0.140. The quantitative estimate of drug-likeness (QED) is 0.230. The molecule has 5 rings (SSSR count). The van der Waals surface area contributed by atoms with E-state index in [1.807, 2.05) is 42.6 Å². The molecule has 0 aliphatic carbocycles. The minimum atomic E-state index is -0.333. The van der Waals surface area contributed by atoms with Gasteiger partial charge >= 0.3 is 0 Å². The van der Waals surface area contributed by atoms with Crippen LogP contribution < -0.4 is 10.3 Å². The van der Waals surface area contributed by atoms with Gasteiger partial charge in [0.1, 0.15) is 16.3 Å². The molecule has 166 valence electrons. The molecule has 3 aromatic heterocycles. The number of hydrogen-bond donors (Lipinski definition) is 0. The lowest BCUT2D eigenvalue weighted by molar-refractivity contribution is 0.340. The van der Waals surface area contributed by atoms with Crippen LogP contribution in [0.4, 0.5) is 4.39 Å². The third-order valence-corrected chi connectivity index (χ3v) is 6.57. The van der Waals surface area contributed by atoms with Crippen LogP contribution in [0.2, 0.25) is 0 Å². The number of hydrogen-bond acceptors (Lipinski definition) is 8. The second kappa shape index (κ2) is 9.16. The summed E-state index contributed by atoms with van der Waals surface area (Å²) in [6.45, 7) is 2.48. The number of ether oxygens (including phenoxy) is 1. The molecule has 3 heterocycles. The van der Waals surface area contributed by atoms with Gasteiger partial charge in [-0.2, -0.15) is 4.98 Å². The molecule has 0 saturated heterocycles. The van der Waals surface area contributed by atoms with Crippen LogP contribution in [0.5, 0.6) is 5.75 Å². The summed E-state index contributed by atoms with van der Waals surface area (Å²) in [6, 6.07) is 15.0. The van der Waals surface area contributed by atoms with E-state index in [1.165, 1.54) is 35.2 Å². The van der Waals surface area contributed by atoms with Gasteiger partial charge < -0.3 is 9.26 Å². The molecule has 0 N–H and O–H groups in total. The van der Waals surface area contributed by atoms with Crippen LogP contribution in [0.1, 0.15) is 12.8 Å². The molecule has 0 unspecified atom stereocenters. The zero-order chi connectivity index (χ0) is 22.8. The lowest BCUT2D eigenvalue weighted by Gasteiger charge is -2.12. The van der Waals surface area contributed by atoms with Gasteiger partial charge in [0.05, 0.1) is 23.6 Å². The molecule has 0 radical (unpaired) electrons. The van der Waals surface area contributed by atoms with Gasteiger partial charge in [-0.05, 0) is 66.9 Å². The molecule has 0 bridgehead atoms. The number of nitrogens with zero attached hydrogens (tertiary/aromatic N) is 4. The van der Waals surface area contributed by atoms with Gasteiger partial charge in [-0.1, -0.05) is 16.9 Å². The Balaban J connectivity index is 1.46. The molecule has 0 aliphatic heterocycles. The molecule has 0 atom stereocenters. The van der Waals surface area contributed by atoms with Crippen LogP contribution in [-0.4, -0.2) is 26.3 Å². The van der Waals surface area contributed by atoms with E-state index >= 15 is 0 Å². The van der Waals surface area contributed by atoms with E-state index in [0.717, 1.165) is 5.75 Å². The number of benzene rings is 2. The normalized spacial score (nSPS) is 11.2. The first kappa shape index (κ1) is 21.4. The zero-order valence-corrected chi connectivity index (χ0v) is 19.0. The van der Waals surface area contributed by atoms with Crippen molar-refractivity contribution in [2.24, 2.45) is 0 Å². The number of thioether (sulfide) groups is 1. The van der Waals surface area contributed by atoms with Crippen molar-refractivity contribution in [1.29, 1.82) is 0 Å². The second-order valence-corrected chi connectivity index (χ2v) is 8.76. The van der Waals surface area contributed by atoms with Crippen molar-refractivity contribution in [2.75, 3.05) is 6.61 Å². The second-order valence-electron chi connectivity index (χ2n) is 6.90. The monoisotopic (exact) mass is 480 g/mol. The van der Waals surface area contributed by atoms with E-state index in [1.54, 1.807) is 16.7 Å². The van der Waals surface area contributed by atoms with Gasteiger partial charge in [0.25, 0.3) is 5.56 Å². The number of aromatic nitrogens is 4. The predicted octanol–water partition coefficient (Wildman–Crippen LogP) is 5.33. The molecule has 0 spiro atoms. The van der Waals surface area contributed by atoms with Gasteiger partial charge in [-0.15, -0.1) is 11.3 Å². The van der Waals surface area contributed by atoms with Crippen molar-refractivity contribution in [3.05, 3.63) is 82.0 Å². The highest BCUT2D eigenvalue weighted by molar-refractivity contribution is 7.98. The summed E-state index contributed by atoms with van der Waals surface area (Å²) in [7, 11) is 0. The van der Waals surface area contributed by atoms with Gasteiger partial charge in [0.2, 0.25) is 11.7 Å². The van der Waals surface area contributed by atoms with E-state index in [0.29, 0.717) is 50.7 Å². The van der Waals surface area contributed by atoms with Gasteiger partial charge in [-0.25, -0.2) is 9.37 Å². The molecular formula is C23H17FN4O3S2. The van der Waals surface area contributed by atoms with Crippen molar-refractivity contribution in [2.45, 2.75) is 17.8 Å². The SMILES string of the molecule is CCOc1ccc(-n2c(SCc3nc(-c4ccc(F)cc4)no3)nc3ccsc3c2=O)cc1. The fourth-order valence-corrected chi connectivity index (χ4v) is 4.84. The molecule has 0 saturated carbocycles. The Hall–Kier alpha value is -3.50. The summed E-state index contributed by atoms with van der Waals surface area (Å²) in [5, 5.41) is 6.33. The van der Waals surface area contributed by atoms with Gasteiger partial charge in [-0.3, -0.25) is 9.36 Å². The van der Waals surface area contributed by atoms with Crippen LogP contribution in [0.15, 0.2) is 74.5 Å². The lowest BCUT2D eigenvalue weighted by atomic mass is 10.2. The highest BCUT2D eigenvalue weighted by atomic mass is 32.2. The van der Waals surface area contributed by atoms with Crippen LogP contribution >= 0.6 is 23.1 Å². The Morgan fingerprint density at radius 1 is 1.09 bits per heavy atom. The maximum absolute atomic E-state index is 13.3. The maximum atomic E-state index is 13.3. The third kappa shape index (κ3) is 4.39. The fourth-order valence-electron chi connectivity index (χ4n) is 3.23. The Kier molecular flexibility index (Phi) is 5.93. The number of fused-ring (bicyclic) bond motifs is 1. The molecule has 10 heteroatoms. The first-order chi connectivity index (χ1) is 16.1. The molecule has 0 aliphatic rings. The Morgan fingerprint density at radius 3 is 2.64 bits per heavy atom. The summed E-state index contributed by atoms with van der Waals surface area (Å²) in [5.41, 5.74) is 1.85. The fraction of sp³-hybridized carbons (Fsp3) is 0.130. The number of thiophene rings is 1. The van der Waals surface area contributed by atoms with Crippen LogP contribution in [0.3, 0.4) is 0 Å². The molecule has 5 aromatic rings. The summed E-state index contributed by atoms with van der Waals surface area (Å²) < 4.78 is 26.2. The largest absolute Gasteiger partial charge is 0.494 e. The van der Waals surface area contributed by atoms with E-state index in [-0.39, 0.29) is 11.4 Å². The molecule has 7 nitrogen and oxygen atoms in total. The van der Waals surface area contributed by atoms with Gasteiger partial charge in [0, 0.05) is 5.56 Å². The van der Waals surface area contributed by atoms with Crippen molar-refractivity contribution < 1.29 is 13.7 Å². The molecule has 0 amide bonds. The zero-order valence-electron chi connectivity index (χ0n) is 17.4. The van der Waals surface area contributed by atoms with Crippen molar-refractivity contribution in [1.82, 2.24) is 19.7 Å². The summed E-state index contributed by atoms with van der Waals surface area (Å²) in [5.74, 6) is 1.45. The Labute approximate surface area is 195 Å². The first-order valence-corrected chi connectivity index (χ1v) is 11.9. The predicted molar refractivity (Wildman–Crippen MR) is 126 cm³/mol. The van der Waals surface area contributed by atoms with Crippen LogP contribution in [0.25, 0.3) is 27.3 Å². The minimum Gasteiger partial charge on any atom is -0.494 e. The average molecular weight is 481 g/mol. The van der Waals surface area contributed by atoms with Crippen molar-refractivity contribution in [3.63, 3.8) is 0 Å². The number of halogens is 1. The van der Waals surface area contributed by atoms with Crippen LogP contribution in [-0.2, 0) is 5.75 Å². The standard InChI is InChI=1S/C23H17FN4O3S2/c1-2-30-17-9-7-16(8-10-17)28-22(29)20-18(11-12-32-20)25-23(28)33-13-19-26-21(27-31-19)14-3-5-15(24)6-4-14/h3-12H,2,13H2,1H3. The summed E-state index contributed by atoms with van der Waals surface area (Å²) >= 11 is 2.68. The highest BCUT2D eigenvalue weighted by Crippen LogP contribution is 2.27. The summed E-state index contributed by atoms with van der Waals surface area (Å²) in [6.07, 6.45) is 0. The third-order valence-electron chi connectivity index (χ3n) is 4.75. The number of rotatable bonds is 7. The maximum Gasteiger partial charge on any atom is 0.276 e. The van der Waals surface area contributed by atoms with E-state index in [4.69, 9.17) is 14.2 Å². The average Bonchev–Trinajstić information content (AvgIpc) is 3.49. The summed E-state index contributed by atoms with van der Waals surface area (Å²) in [4.78, 5) is 22.3. The molecule has 2 aromatic carbocycles. The van der Waals surface area contributed by atoms with E-state index in [2.05, 4.69) is 10.1 Å². The van der Waals surface area contributed by atoms with E-state index in [9.17, 15) is 9.18 Å².